The molecule has 0 radical (unpaired) electrons. The average Bonchev–Trinajstić information content (AvgIpc) is 2.94. The number of rotatable bonds is 3. The van der Waals surface area contributed by atoms with Crippen molar-refractivity contribution >= 4 is 46.4 Å². The van der Waals surface area contributed by atoms with Crippen LogP contribution in [0.3, 0.4) is 0 Å². The molecule has 26 heavy (non-hydrogen) atoms. The zero-order chi connectivity index (χ0) is 19.6. The predicted octanol–water partition coefficient (Wildman–Crippen LogP) is 3.36. The third kappa shape index (κ3) is 4.87. The number of nitrogens with two attached hydrogens (primary N) is 1. The summed E-state index contributed by atoms with van der Waals surface area (Å²) < 4.78 is 1.61. The SMILES string of the molecule is CN(NC(=O)c1cc(C(C)(C)C)nn1Cc1ccc(Cl)cc1Cl)C(N)=S. The van der Waals surface area contributed by atoms with E-state index in [1.807, 2.05) is 26.8 Å². The number of halogens is 2. The third-order valence-electron chi connectivity index (χ3n) is 3.72. The molecule has 0 fully saturated rings. The van der Waals surface area contributed by atoms with Crippen LogP contribution in [0.15, 0.2) is 24.3 Å². The minimum atomic E-state index is -0.367. The number of aromatic nitrogens is 2. The highest BCUT2D eigenvalue weighted by Gasteiger charge is 2.24. The molecule has 140 valence electrons. The van der Waals surface area contributed by atoms with Crippen LogP contribution in [-0.2, 0) is 12.0 Å². The van der Waals surface area contributed by atoms with Gasteiger partial charge in [0.2, 0.25) is 0 Å². The quantitative estimate of drug-likeness (QED) is 0.595. The molecular formula is C17H21Cl2N5OS. The Hall–Kier alpha value is -1.83. The van der Waals surface area contributed by atoms with Crippen LogP contribution in [0.25, 0.3) is 0 Å². The van der Waals surface area contributed by atoms with Crippen molar-refractivity contribution in [1.82, 2.24) is 20.2 Å². The molecule has 0 aliphatic heterocycles. The second-order valence-corrected chi connectivity index (χ2v) is 8.16. The smallest absolute Gasteiger partial charge is 0.288 e. The van der Waals surface area contributed by atoms with Crippen LogP contribution in [0.1, 0.15) is 42.5 Å². The fourth-order valence-corrected chi connectivity index (χ4v) is 2.68. The van der Waals surface area contributed by atoms with E-state index in [0.29, 0.717) is 22.3 Å². The number of nitrogens with zero attached hydrogens (tertiary/aromatic N) is 3. The van der Waals surface area contributed by atoms with Gasteiger partial charge in [0.15, 0.2) is 5.11 Å². The standard InChI is InChI=1S/C17H21Cl2N5OS/c1-17(2,3)14-8-13(15(25)22-23(4)16(20)26)24(21-14)9-10-5-6-11(18)7-12(10)19/h5-8H,9H2,1-4H3,(H2,20,26)(H,22,25). The van der Waals surface area contributed by atoms with Crippen molar-refractivity contribution in [3.05, 3.63) is 51.3 Å². The van der Waals surface area contributed by atoms with Crippen LogP contribution in [0.5, 0.6) is 0 Å². The van der Waals surface area contributed by atoms with Gasteiger partial charge in [-0.2, -0.15) is 5.10 Å². The third-order valence-corrected chi connectivity index (χ3v) is 4.58. The van der Waals surface area contributed by atoms with E-state index in [1.54, 1.807) is 29.9 Å². The first-order valence-electron chi connectivity index (χ1n) is 7.85. The molecule has 6 nitrogen and oxygen atoms in total. The minimum absolute atomic E-state index is 0.0567. The molecule has 1 aromatic heterocycles. The molecule has 0 bridgehead atoms. The Bertz CT molecular complexity index is 844. The van der Waals surface area contributed by atoms with Gasteiger partial charge in [0.25, 0.3) is 5.91 Å². The summed E-state index contributed by atoms with van der Waals surface area (Å²) in [6, 6.07) is 6.98. The van der Waals surface area contributed by atoms with Crippen LogP contribution >= 0.6 is 35.4 Å². The highest BCUT2D eigenvalue weighted by atomic mass is 35.5. The van der Waals surface area contributed by atoms with Gasteiger partial charge in [-0.05, 0) is 36.0 Å². The van der Waals surface area contributed by atoms with Gasteiger partial charge in [-0.3, -0.25) is 19.9 Å². The minimum Gasteiger partial charge on any atom is -0.375 e. The second-order valence-electron chi connectivity index (χ2n) is 6.90. The van der Waals surface area contributed by atoms with Gasteiger partial charge in [-0.15, -0.1) is 0 Å². The Morgan fingerprint density at radius 3 is 2.54 bits per heavy atom. The lowest BCUT2D eigenvalue weighted by Gasteiger charge is -2.18. The van der Waals surface area contributed by atoms with Gasteiger partial charge in [0, 0.05) is 22.5 Å². The van der Waals surface area contributed by atoms with Crippen molar-refractivity contribution in [2.75, 3.05) is 7.05 Å². The molecule has 9 heteroatoms. The molecule has 1 heterocycles. The van der Waals surface area contributed by atoms with Crippen LogP contribution in [0.2, 0.25) is 10.0 Å². The average molecular weight is 414 g/mol. The second kappa shape index (κ2) is 7.82. The van der Waals surface area contributed by atoms with E-state index < -0.39 is 0 Å². The van der Waals surface area contributed by atoms with E-state index in [0.717, 1.165) is 11.3 Å². The monoisotopic (exact) mass is 413 g/mol. The Morgan fingerprint density at radius 1 is 1.35 bits per heavy atom. The highest BCUT2D eigenvalue weighted by Crippen LogP contribution is 2.25. The number of nitrogens with one attached hydrogen (secondary N) is 1. The van der Waals surface area contributed by atoms with Crippen molar-refractivity contribution in [2.24, 2.45) is 5.73 Å². The molecule has 0 saturated carbocycles. The van der Waals surface area contributed by atoms with Crippen LogP contribution in [0, 0.1) is 0 Å². The molecule has 0 saturated heterocycles. The van der Waals surface area contributed by atoms with Crippen molar-refractivity contribution in [3.63, 3.8) is 0 Å². The number of hydrazine groups is 1. The van der Waals surface area contributed by atoms with Crippen molar-refractivity contribution in [3.8, 4) is 0 Å². The number of carbonyl (C=O) groups is 1. The molecule has 3 N–H and O–H groups in total. The van der Waals surface area contributed by atoms with Crippen molar-refractivity contribution in [1.29, 1.82) is 0 Å². The highest BCUT2D eigenvalue weighted by molar-refractivity contribution is 7.80. The number of benzene rings is 1. The first kappa shape index (κ1) is 20.5. The summed E-state index contributed by atoms with van der Waals surface area (Å²) in [7, 11) is 1.57. The summed E-state index contributed by atoms with van der Waals surface area (Å²) in [4.78, 5) is 12.7. The van der Waals surface area contributed by atoms with E-state index in [1.165, 1.54) is 5.01 Å². The summed E-state index contributed by atoms with van der Waals surface area (Å²) in [6.07, 6.45) is 0. The van der Waals surface area contributed by atoms with Gasteiger partial charge < -0.3 is 5.73 Å². The normalized spacial score (nSPS) is 11.3. The van der Waals surface area contributed by atoms with E-state index in [2.05, 4.69) is 10.5 Å². The predicted molar refractivity (Wildman–Crippen MR) is 109 cm³/mol. The zero-order valence-corrected chi connectivity index (χ0v) is 17.3. The summed E-state index contributed by atoms with van der Waals surface area (Å²) in [5, 5.41) is 6.99. The number of amides is 1. The molecule has 0 aliphatic carbocycles. The maximum atomic E-state index is 12.7. The maximum absolute atomic E-state index is 12.7. The number of hydrogen-bond acceptors (Lipinski definition) is 3. The fourth-order valence-electron chi connectivity index (χ4n) is 2.16. The van der Waals surface area contributed by atoms with Gasteiger partial charge in [0.1, 0.15) is 5.69 Å². The molecule has 1 aromatic carbocycles. The zero-order valence-electron chi connectivity index (χ0n) is 15.0. The van der Waals surface area contributed by atoms with Crippen molar-refractivity contribution < 1.29 is 4.79 Å². The van der Waals surface area contributed by atoms with Crippen molar-refractivity contribution in [2.45, 2.75) is 32.7 Å². The number of hydrogen-bond donors (Lipinski definition) is 2. The topological polar surface area (TPSA) is 76.2 Å². The lowest BCUT2D eigenvalue weighted by Crippen LogP contribution is -2.46. The lowest BCUT2D eigenvalue weighted by atomic mass is 9.92. The molecular weight excluding hydrogens is 393 g/mol. The molecule has 0 aliphatic rings. The first-order chi connectivity index (χ1) is 12.0. The lowest BCUT2D eigenvalue weighted by molar-refractivity contribution is 0.0877. The number of carbonyl (C=O) groups excluding carboxylic acids is 1. The Balaban J connectivity index is 2.41. The molecule has 2 rings (SSSR count). The molecule has 1 amide bonds. The van der Waals surface area contributed by atoms with E-state index >= 15 is 0 Å². The van der Waals surface area contributed by atoms with Gasteiger partial charge >= 0.3 is 0 Å². The molecule has 0 atom stereocenters. The molecule has 2 aromatic rings. The fraction of sp³-hybridized carbons (Fsp3) is 0.353. The Morgan fingerprint density at radius 2 is 2.00 bits per heavy atom. The van der Waals surface area contributed by atoms with E-state index in [9.17, 15) is 4.79 Å². The van der Waals surface area contributed by atoms with Gasteiger partial charge in [-0.25, -0.2) is 0 Å². The van der Waals surface area contributed by atoms with E-state index in [4.69, 9.17) is 41.2 Å². The van der Waals surface area contributed by atoms with Crippen LogP contribution in [0.4, 0.5) is 0 Å². The van der Waals surface area contributed by atoms with Gasteiger partial charge in [0.05, 0.1) is 12.2 Å². The van der Waals surface area contributed by atoms with Crippen LogP contribution < -0.4 is 11.2 Å². The Labute approximate surface area is 168 Å². The maximum Gasteiger partial charge on any atom is 0.288 e. The number of thiocarbonyl (C=S) groups is 1. The van der Waals surface area contributed by atoms with Gasteiger partial charge in [-0.1, -0.05) is 50.0 Å². The van der Waals surface area contributed by atoms with E-state index in [-0.39, 0.29) is 16.4 Å². The first-order valence-corrected chi connectivity index (χ1v) is 9.02. The Kier molecular flexibility index (Phi) is 6.16. The summed E-state index contributed by atoms with van der Waals surface area (Å²) in [5.41, 5.74) is 9.89. The molecule has 0 unspecified atom stereocenters. The summed E-state index contributed by atoms with van der Waals surface area (Å²) in [6.45, 7) is 6.40. The summed E-state index contributed by atoms with van der Waals surface area (Å²) in [5.74, 6) is -0.367. The largest absolute Gasteiger partial charge is 0.375 e. The van der Waals surface area contributed by atoms with Crippen LogP contribution in [-0.4, -0.2) is 32.9 Å². The molecule has 0 spiro atoms. The summed E-state index contributed by atoms with van der Waals surface area (Å²) >= 11 is 17.1.